The van der Waals surface area contributed by atoms with Crippen molar-refractivity contribution in [2.24, 2.45) is 5.92 Å². The quantitative estimate of drug-likeness (QED) is 0.126. The average Bonchev–Trinajstić information content (AvgIpc) is 2.99. The summed E-state index contributed by atoms with van der Waals surface area (Å²) in [6, 6.07) is 16.0. The molecule has 0 heterocycles. The number of halogens is 1. The Balaban J connectivity index is 1.90. The van der Waals surface area contributed by atoms with Gasteiger partial charge in [-0.3, -0.25) is 4.79 Å². The highest BCUT2D eigenvalue weighted by Crippen LogP contribution is 2.35. The van der Waals surface area contributed by atoms with E-state index < -0.39 is 31.4 Å². The highest BCUT2D eigenvalue weighted by molar-refractivity contribution is 6.76. The van der Waals surface area contributed by atoms with Gasteiger partial charge in [-0.05, 0) is 82.3 Å². The first-order valence-corrected chi connectivity index (χ1v) is 21.4. The number of alkyl carbamates (subject to hydrolysis) is 1. The number of rotatable bonds is 15. The number of likely N-dealkylation sites (N-methyl/N-ethyl adjacent to an activating group) is 1. The second-order valence-electron chi connectivity index (χ2n) is 15.6. The van der Waals surface area contributed by atoms with Crippen molar-refractivity contribution in [3.8, 4) is 0 Å². The molecule has 3 N–H and O–H groups in total. The molecular weight excluding hydrogens is 644 g/mol. The van der Waals surface area contributed by atoms with Crippen molar-refractivity contribution in [2.75, 3.05) is 31.6 Å². The number of ether oxygens (including phenoxy) is 1. The van der Waals surface area contributed by atoms with Crippen LogP contribution in [0.3, 0.4) is 0 Å². The van der Waals surface area contributed by atoms with Gasteiger partial charge in [-0.15, -0.1) is 0 Å². The molecule has 1 aliphatic rings. The van der Waals surface area contributed by atoms with E-state index >= 15 is 0 Å². The molecule has 0 aliphatic heterocycles. The minimum absolute atomic E-state index is 0.209. The van der Waals surface area contributed by atoms with E-state index in [0.717, 1.165) is 43.1 Å². The summed E-state index contributed by atoms with van der Waals surface area (Å²) in [6.45, 7) is 13.6. The molecular formula is C37H57ClN4O5Si. The third-order valence-corrected chi connectivity index (χ3v) is 10.8. The number of anilines is 2. The Kier molecular flexibility index (Phi) is 14.2. The molecule has 0 unspecified atom stereocenters. The maximum Gasteiger partial charge on any atom is 0.407 e. The van der Waals surface area contributed by atoms with Crippen molar-refractivity contribution in [1.82, 2.24) is 15.5 Å². The second-order valence-corrected chi connectivity index (χ2v) is 21.7. The second kappa shape index (κ2) is 17.4. The molecule has 2 aromatic carbocycles. The van der Waals surface area contributed by atoms with E-state index in [-0.39, 0.29) is 12.5 Å². The lowest BCUT2D eigenvalue weighted by atomic mass is 9.77. The van der Waals surface area contributed by atoms with E-state index in [9.17, 15) is 19.5 Å². The van der Waals surface area contributed by atoms with Gasteiger partial charge in [0.2, 0.25) is 0 Å². The van der Waals surface area contributed by atoms with Gasteiger partial charge in [-0.25, -0.2) is 9.59 Å². The summed E-state index contributed by atoms with van der Waals surface area (Å²) in [6.07, 6.45) is 6.44. The summed E-state index contributed by atoms with van der Waals surface area (Å²) in [5, 5.41) is 16.7. The molecule has 1 saturated carbocycles. The molecule has 1 fully saturated rings. The van der Waals surface area contributed by atoms with Crippen LogP contribution >= 0.6 is 11.6 Å². The third kappa shape index (κ3) is 13.3. The number of hydrogen-bond donors (Lipinski definition) is 3. The van der Waals surface area contributed by atoms with E-state index in [1.807, 2.05) is 69.3 Å². The molecule has 3 amide bonds. The van der Waals surface area contributed by atoms with Crippen LogP contribution in [0.1, 0.15) is 82.5 Å². The molecule has 0 bridgehead atoms. The van der Waals surface area contributed by atoms with Gasteiger partial charge < -0.3 is 30.3 Å². The summed E-state index contributed by atoms with van der Waals surface area (Å²) in [5.74, 6) is 0.237. The van der Waals surface area contributed by atoms with Crippen molar-refractivity contribution in [1.29, 1.82) is 0 Å². The summed E-state index contributed by atoms with van der Waals surface area (Å²) >= 11 is 6.39. The van der Waals surface area contributed by atoms with Crippen LogP contribution in [-0.4, -0.2) is 74.0 Å². The predicted octanol–water partition coefficient (Wildman–Crippen LogP) is 9.17. The highest BCUT2D eigenvalue weighted by atomic mass is 35.5. The van der Waals surface area contributed by atoms with Crippen LogP contribution in [-0.2, 0) is 4.74 Å². The Hall–Kier alpha value is -3.24. The van der Waals surface area contributed by atoms with Crippen LogP contribution in [0.4, 0.5) is 21.0 Å². The van der Waals surface area contributed by atoms with Gasteiger partial charge in [0.25, 0.3) is 5.91 Å². The van der Waals surface area contributed by atoms with Gasteiger partial charge >= 0.3 is 12.2 Å². The number of carbonyl (C=O) groups is 3. The summed E-state index contributed by atoms with van der Waals surface area (Å²) in [7, 11) is 0.0856. The van der Waals surface area contributed by atoms with Crippen LogP contribution in [0.15, 0.2) is 48.5 Å². The van der Waals surface area contributed by atoms with E-state index in [2.05, 4.69) is 35.2 Å². The molecule has 2 aromatic rings. The number of carboxylic acid groups (broad SMARTS) is 1. The van der Waals surface area contributed by atoms with Gasteiger partial charge in [-0.1, -0.05) is 81.5 Å². The summed E-state index contributed by atoms with van der Waals surface area (Å²) < 4.78 is 5.37. The molecule has 11 heteroatoms. The van der Waals surface area contributed by atoms with Crippen molar-refractivity contribution < 1.29 is 24.2 Å². The van der Waals surface area contributed by atoms with Crippen LogP contribution in [0, 0.1) is 5.92 Å². The molecule has 1 atom stereocenters. The number of nitrogens with one attached hydrogen (secondary N) is 2. The van der Waals surface area contributed by atoms with Crippen molar-refractivity contribution in [2.45, 2.75) is 109 Å². The average molecular weight is 701 g/mol. The zero-order chi connectivity index (χ0) is 35.5. The molecule has 0 saturated heterocycles. The Labute approximate surface area is 293 Å². The molecule has 9 nitrogen and oxygen atoms in total. The SMILES string of the molecule is CN(C[C@](CC[Si](C)(C)C)(CC1CCCCC1)NC(=O)c1cccc(N(CCCNC(=O)OC(C)(C)C)c2cccc(Cl)c2)c1)C(=O)O. The van der Waals surface area contributed by atoms with E-state index in [1.54, 1.807) is 7.05 Å². The van der Waals surface area contributed by atoms with Gasteiger partial charge in [0, 0.05) is 56.7 Å². The van der Waals surface area contributed by atoms with Crippen LogP contribution in [0.2, 0.25) is 30.7 Å². The van der Waals surface area contributed by atoms with E-state index in [0.29, 0.717) is 36.0 Å². The van der Waals surface area contributed by atoms with Crippen LogP contribution in [0.5, 0.6) is 0 Å². The zero-order valence-electron chi connectivity index (χ0n) is 30.0. The largest absolute Gasteiger partial charge is 0.465 e. The lowest BCUT2D eigenvalue weighted by molar-refractivity contribution is 0.0527. The number of carbonyl (C=O) groups excluding carboxylic acids is 2. The topological polar surface area (TPSA) is 111 Å². The Morgan fingerprint density at radius 1 is 1.00 bits per heavy atom. The number of hydrogen-bond acceptors (Lipinski definition) is 5. The molecule has 0 aromatic heterocycles. The fraction of sp³-hybridized carbons (Fsp3) is 0.595. The van der Waals surface area contributed by atoms with Gasteiger partial charge in [0.15, 0.2) is 0 Å². The van der Waals surface area contributed by atoms with Crippen molar-refractivity contribution in [3.05, 3.63) is 59.1 Å². The molecule has 48 heavy (non-hydrogen) atoms. The van der Waals surface area contributed by atoms with Gasteiger partial charge in [0.1, 0.15) is 5.60 Å². The number of benzene rings is 2. The predicted molar refractivity (Wildman–Crippen MR) is 199 cm³/mol. The number of nitrogens with zero attached hydrogens (tertiary/aromatic N) is 2. The Morgan fingerprint density at radius 2 is 1.65 bits per heavy atom. The zero-order valence-corrected chi connectivity index (χ0v) is 31.8. The maximum absolute atomic E-state index is 14.2. The minimum atomic E-state index is -1.51. The third-order valence-electron chi connectivity index (χ3n) is 8.77. The molecule has 1 aliphatic carbocycles. The Bertz CT molecular complexity index is 1370. The fourth-order valence-corrected chi connectivity index (χ4v) is 7.81. The maximum atomic E-state index is 14.2. The first-order valence-electron chi connectivity index (χ1n) is 17.3. The van der Waals surface area contributed by atoms with E-state index in [4.69, 9.17) is 16.3 Å². The lowest BCUT2D eigenvalue weighted by Crippen LogP contribution is -2.57. The van der Waals surface area contributed by atoms with Crippen LogP contribution < -0.4 is 15.5 Å². The molecule has 3 rings (SSSR count). The molecule has 0 radical (unpaired) electrons. The summed E-state index contributed by atoms with van der Waals surface area (Å²) in [4.78, 5) is 41.9. The van der Waals surface area contributed by atoms with Gasteiger partial charge in [-0.2, -0.15) is 0 Å². The van der Waals surface area contributed by atoms with E-state index in [1.165, 1.54) is 24.2 Å². The van der Waals surface area contributed by atoms with Crippen molar-refractivity contribution >= 4 is 49.1 Å². The van der Waals surface area contributed by atoms with Gasteiger partial charge in [0.05, 0.1) is 5.54 Å². The first kappa shape index (κ1) is 39.2. The highest BCUT2D eigenvalue weighted by Gasteiger charge is 2.38. The fourth-order valence-electron chi connectivity index (χ4n) is 6.40. The number of amides is 3. The van der Waals surface area contributed by atoms with Crippen molar-refractivity contribution in [3.63, 3.8) is 0 Å². The smallest absolute Gasteiger partial charge is 0.407 e. The molecule has 0 spiro atoms. The minimum Gasteiger partial charge on any atom is -0.465 e. The summed E-state index contributed by atoms with van der Waals surface area (Å²) in [5.41, 5.74) is 0.920. The monoisotopic (exact) mass is 700 g/mol. The lowest BCUT2D eigenvalue weighted by Gasteiger charge is -2.42. The Morgan fingerprint density at radius 3 is 2.25 bits per heavy atom. The molecule has 266 valence electrons. The normalized spacial score (nSPS) is 15.2. The first-order chi connectivity index (χ1) is 22.5. The standard InChI is InChI=1S/C37H57ClN4O5Si/c1-36(2,3)47-34(44)39-21-13-22-42(32-19-12-17-30(38)25-32)31-18-11-16-29(24-31)33(43)40-37(20-23-48(5,6)7,27-41(4)35(45)46)26-28-14-9-8-10-15-28/h11-12,16-19,24-25,28H,8-10,13-15,20-23,26-27H2,1-7H3,(H,39,44)(H,40,43)(H,45,46)/t37-/m0/s1. The van der Waals surface area contributed by atoms with Crippen LogP contribution in [0.25, 0.3) is 0 Å².